The van der Waals surface area contributed by atoms with E-state index >= 15 is 0 Å². The number of methoxy groups -OCH3 is 1. The van der Waals surface area contributed by atoms with E-state index in [2.05, 4.69) is 15.5 Å². The maximum absolute atomic E-state index is 12.0. The normalized spacial score (nSPS) is 13.8. The fourth-order valence-corrected chi connectivity index (χ4v) is 2.15. The highest BCUT2D eigenvalue weighted by Crippen LogP contribution is 2.22. The van der Waals surface area contributed by atoms with Crippen LogP contribution in [0.3, 0.4) is 0 Å². The molecular weight excluding hydrogens is 278 g/mol. The van der Waals surface area contributed by atoms with Crippen molar-refractivity contribution in [1.29, 1.82) is 0 Å². The van der Waals surface area contributed by atoms with E-state index < -0.39 is 0 Å². The molecule has 0 aliphatic carbocycles. The second-order valence-corrected chi connectivity index (χ2v) is 4.88. The molecule has 106 valence electrons. The first kappa shape index (κ1) is 14.6. The number of halogens is 1. The molecule has 1 amide bonds. The Labute approximate surface area is 122 Å². The van der Waals surface area contributed by atoms with E-state index in [0.717, 1.165) is 5.56 Å². The van der Waals surface area contributed by atoms with E-state index in [0.29, 0.717) is 10.7 Å². The van der Waals surface area contributed by atoms with Crippen molar-refractivity contribution in [2.75, 3.05) is 7.11 Å². The van der Waals surface area contributed by atoms with Gasteiger partial charge in [-0.3, -0.25) is 9.89 Å². The van der Waals surface area contributed by atoms with Gasteiger partial charge in [-0.15, -0.1) is 0 Å². The van der Waals surface area contributed by atoms with Crippen LogP contribution in [0, 0.1) is 0 Å². The van der Waals surface area contributed by atoms with Crippen LogP contribution in [0.25, 0.3) is 0 Å². The molecule has 2 atom stereocenters. The Kier molecular flexibility index (Phi) is 4.76. The van der Waals surface area contributed by atoms with E-state index in [1.165, 1.54) is 6.20 Å². The van der Waals surface area contributed by atoms with Gasteiger partial charge in [0, 0.05) is 18.3 Å². The summed E-state index contributed by atoms with van der Waals surface area (Å²) in [4.78, 5) is 12.0. The number of H-pyrrole nitrogens is 1. The van der Waals surface area contributed by atoms with Gasteiger partial charge in [0.1, 0.15) is 11.8 Å². The molecular formula is C14H16ClN3O2. The van der Waals surface area contributed by atoms with Crippen molar-refractivity contribution in [3.8, 4) is 0 Å². The van der Waals surface area contributed by atoms with E-state index in [1.807, 2.05) is 19.1 Å². The fourth-order valence-electron chi connectivity index (χ4n) is 2.02. The molecule has 1 heterocycles. The van der Waals surface area contributed by atoms with Crippen molar-refractivity contribution in [2.45, 2.75) is 19.1 Å². The molecule has 6 heteroatoms. The minimum atomic E-state index is -0.251. The largest absolute Gasteiger partial charge is 0.375 e. The number of nitrogens with one attached hydrogen (secondary N) is 2. The molecule has 0 radical (unpaired) electrons. The fraction of sp³-hybridized carbons (Fsp3) is 0.286. The Morgan fingerprint density at radius 1 is 1.35 bits per heavy atom. The first-order chi connectivity index (χ1) is 9.61. The van der Waals surface area contributed by atoms with E-state index in [1.54, 1.807) is 25.3 Å². The van der Waals surface area contributed by atoms with Crippen molar-refractivity contribution < 1.29 is 9.53 Å². The summed E-state index contributed by atoms with van der Waals surface area (Å²) in [5.74, 6) is -0.217. The lowest BCUT2D eigenvalue weighted by Gasteiger charge is -2.24. The number of benzene rings is 1. The number of aromatic amines is 1. The summed E-state index contributed by atoms with van der Waals surface area (Å²) in [5.41, 5.74) is 1.37. The number of hydrogen-bond donors (Lipinski definition) is 2. The number of aromatic nitrogens is 2. The number of amides is 1. The number of hydrogen-bond acceptors (Lipinski definition) is 3. The maximum atomic E-state index is 12.0. The zero-order chi connectivity index (χ0) is 14.5. The standard InChI is InChI=1S/C14H16ClN3O2/c1-9(17-14(19)12-7-8-16-18-12)13(20-2)10-3-5-11(15)6-4-10/h3-9,13H,1-2H3,(H,16,18)(H,17,19)/t9-,13+/m0/s1. The zero-order valence-corrected chi connectivity index (χ0v) is 12.0. The van der Waals surface area contributed by atoms with Gasteiger partial charge in [-0.05, 0) is 30.7 Å². The van der Waals surface area contributed by atoms with Crippen LogP contribution in [-0.2, 0) is 4.74 Å². The third kappa shape index (κ3) is 3.37. The average Bonchev–Trinajstić information content (AvgIpc) is 2.96. The minimum Gasteiger partial charge on any atom is -0.375 e. The predicted molar refractivity (Wildman–Crippen MR) is 76.7 cm³/mol. The number of carbonyl (C=O) groups is 1. The monoisotopic (exact) mass is 293 g/mol. The third-order valence-corrected chi connectivity index (χ3v) is 3.26. The zero-order valence-electron chi connectivity index (χ0n) is 11.3. The van der Waals surface area contributed by atoms with Crippen LogP contribution in [-0.4, -0.2) is 29.3 Å². The van der Waals surface area contributed by atoms with Crippen LogP contribution in [0.5, 0.6) is 0 Å². The molecule has 0 aliphatic rings. The molecule has 1 aromatic heterocycles. The Morgan fingerprint density at radius 2 is 2.05 bits per heavy atom. The molecule has 20 heavy (non-hydrogen) atoms. The summed E-state index contributed by atoms with van der Waals surface area (Å²) < 4.78 is 5.47. The van der Waals surface area contributed by atoms with Crippen LogP contribution in [0.15, 0.2) is 36.5 Å². The summed E-state index contributed by atoms with van der Waals surface area (Å²) in [7, 11) is 1.61. The van der Waals surface area contributed by atoms with Crippen LogP contribution < -0.4 is 5.32 Å². The molecule has 1 aromatic carbocycles. The molecule has 5 nitrogen and oxygen atoms in total. The molecule has 0 fully saturated rings. The smallest absolute Gasteiger partial charge is 0.269 e. The molecule has 0 saturated heterocycles. The van der Waals surface area contributed by atoms with Gasteiger partial charge in [-0.1, -0.05) is 23.7 Å². The van der Waals surface area contributed by atoms with Gasteiger partial charge in [0.05, 0.1) is 6.04 Å². The molecule has 0 aliphatic heterocycles. The summed E-state index contributed by atoms with van der Waals surface area (Å²) in [6.45, 7) is 1.89. The SMILES string of the molecule is CO[C@@H](c1ccc(Cl)cc1)[C@H](C)NC(=O)c1ccn[nH]1. The van der Waals surface area contributed by atoms with Crippen molar-refractivity contribution in [2.24, 2.45) is 0 Å². The van der Waals surface area contributed by atoms with E-state index in [9.17, 15) is 4.79 Å². The van der Waals surface area contributed by atoms with Crippen molar-refractivity contribution in [3.63, 3.8) is 0 Å². The quantitative estimate of drug-likeness (QED) is 0.890. The highest BCUT2D eigenvalue weighted by atomic mass is 35.5. The number of carbonyl (C=O) groups excluding carboxylic acids is 1. The third-order valence-electron chi connectivity index (χ3n) is 3.01. The first-order valence-corrected chi connectivity index (χ1v) is 6.58. The lowest BCUT2D eigenvalue weighted by atomic mass is 10.0. The molecule has 0 spiro atoms. The van der Waals surface area contributed by atoms with Gasteiger partial charge in [-0.25, -0.2) is 0 Å². The topological polar surface area (TPSA) is 67.0 Å². The number of nitrogens with zero attached hydrogens (tertiary/aromatic N) is 1. The van der Waals surface area contributed by atoms with Crippen LogP contribution in [0.1, 0.15) is 29.1 Å². The Bertz CT molecular complexity index is 554. The van der Waals surface area contributed by atoms with Crippen LogP contribution in [0.4, 0.5) is 0 Å². The Morgan fingerprint density at radius 3 is 2.60 bits per heavy atom. The lowest BCUT2D eigenvalue weighted by molar-refractivity contribution is 0.0642. The highest BCUT2D eigenvalue weighted by molar-refractivity contribution is 6.30. The van der Waals surface area contributed by atoms with Crippen molar-refractivity contribution in [3.05, 3.63) is 52.8 Å². The molecule has 0 saturated carbocycles. The van der Waals surface area contributed by atoms with Crippen molar-refractivity contribution in [1.82, 2.24) is 15.5 Å². The van der Waals surface area contributed by atoms with Crippen molar-refractivity contribution >= 4 is 17.5 Å². The first-order valence-electron chi connectivity index (χ1n) is 6.20. The van der Waals surface area contributed by atoms with Gasteiger partial charge < -0.3 is 10.1 Å². The second kappa shape index (κ2) is 6.54. The summed E-state index contributed by atoms with van der Waals surface area (Å²) in [6.07, 6.45) is 1.28. The number of rotatable bonds is 5. The minimum absolute atomic E-state index is 0.197. The maximum Gasteiger partial charge on any atom is 0.269 e. The molecule has 2 aromatic rings. The molecule has 0 bridgehead atoms. The van der Waals surface area contributed by atoms with Crippen LogP contribution >= 0.6 is 11.6 Å². The predicted octanol–water partition coefficient (Wildman–Crippen LogP) is 2.57. The summed E-state index contributed by atoms with van der Waals surface area (Å²) in [6, 6.07) is 8.78. The Balaban J connectivity index is 2.07. The molecule has 2 rings (SSSR count). The van der Waals surface area contributed by atoms with Crippen LogP contribution in [0.2, 0.25) is 5.02 Å². The average molecular weight is 294 g/mol. The Hall–Kier alpha value is -1.85. The highest BCUT2D eigenvalue weighted by Gasteiger charge is 2.21. The van der Waals surface area contributed by atoms with Gasteiger partial charge in [0.15, 0.2) is 0 Å². The van der Waals surface area contributed by atoms with Gasteiger partial charge in [-0.2, -0.15) is 5.10 Å². The van der Waals surface area contributed by atoms with E-state index in [4.69, 9.17) is 16.3 Å². The summed E-state index contributed by atoms with van der Waals surface area (Å²) >= 11 is 5.87. The van der Waals surface area contributed by atoms with Gasteiger partial charge in [0.2, 0.25) is 0 Å². The summed E-state index contributed by atoms with van der Waals surface area (Å²) in [5, 5.41) is 9.92. The number of ether oxygens (including phenoxy) is 1. The van der Waals surface area contributed by atoms with Gasteiger partial charge >= 0.3 is 0 Å². The van der Waals surface area contributed by atoms with E-state index in [-0.39, 0.29) is 18.1 Å². The molecule has 0 unspecified atom stereocenters. The lowest BCUT2D eigenvalue weighted by Crippen LogP contribution is -2.38. The second-order valence-electron chi connectivity index (χ2n) is 4.44. The van der Waals surface area contributed by atoms with Gasteiger partial charge in [0.25, 0.3) is 5.91 Å². The molecule has 2 N–H and O–H groups in total.